The van der Waals surface area contributed by atoms with E-state index in [9.17, 15) is 0 Å². The maximum atomic E-state index is 6.38. The second-order valence-corrected chi connectivity index (χ2v) is 7.83. The van der Waals surface area contributed by atoms with Gasteiger partial charge in [-0.1, -0.05) is 72.3 Å². The van der Waals surface area contributed by atoms with Crippen LogP contribution in [0.4, 0.5) is 0 Å². The Hall–Kier alpha value is -3.83. The Kier molecular flexibility index (Phi) is 5.48. The molecule has 0 saturated carbocycles. The molecule has 0 aliphatic rings. The number of para-hydroxylation sites is 1. The van der Waals surface area contributed by atoms with Gasteiger partial charge in [-0.15, -0.1) is 0 Å². The Bertz CT molecular complexity index is 1230. The third-order valence-electron chi connectivity index (χ3n) is 5.50. The average molecular weight is 441 g/mol. The van der Waals surface area contributed by atoms with Crippen LogP contribution in [0.1, 0.15) is 16.7 Å². The van der Waals surface area contributed by atoms with Crippen molar-refractivity contribution in [3.63, 3.8) is 0 Å². The molecular weight excluding hydrogens is 420 g/mol. The predicted octanol–water partition coefficient (Wildman–Crippen LogP) is 5.61. The number of rotatable bonds is 7. The number of hydrogen-bond acceptors (Lipinski definition) is 3. The van der Waals surface area contributed by atoms with Crippen LogP contribution in [-0.2, 0) is 12.3 Å². The van der Waals surface area contributed by atoms with E-state index in [0.29, 0.717) is 11.6 Å². The van der Waals surface area contributed by atoms with E-state index in [4.69, 9.17) is 16.3 Å². The molecule has 0 saturated heterocycles. The number of aromatic nitrogens is 4. The lowest BCUT2D eigenvalue weighted by Crippen LogP contribution is -2.42. The summed E-state index contributed by atoms with van der Waals surface area (Å²) in [5.74, 6) is 0.772. The first-order valence-corrected chi connectivity index (χ1v) is 10.7. The molecule has 3 aromatic carbocycles. The van der Waals surface area contributed by atoms with Crippen molar-refractivity contribution in [1.82, 2.24) is 19.1 Å². The lowest BCUT2D eigenvalue weighted by Gasteiger charge is -2.38. The normalized spacial score (nSPS) is 11.4. The smallest absolute Gasteiger partial charge is 0.179 e. The summed E-state index contributed by atoms with van der Waals surface area (Å²) in [6.07, 6.45) is 11.1. The molecule has 0 radical (unpaired) electrons. The molecule has 0 fully saturated rings. The van der Waals surface area contributed by atoms with E-state index in [2.05, 4.69) is 37.3 Å². The minimum atomic E-state index is -0.773. The van der Waals surface area contributed by atoms with Crippen LogP contribution >= 0.6 is 11.6 Å². The quantitative estimate of drug-likeness (QED) is 0.330. The van der Waals surface area contributed by atoms with E-state index < -0.39 is 5.66 Å². The SMILES string of the molecule is Clc1ccc(COc2ccccc2C(c2ccccc2)(n2ccnc2)n2ccnc2)cc1. The van der Waals surface area contributed by atoms with Crippen molar-refractivity contribution in [3.8, 4) is 5.75 Å². The fourth-order valence-corrected chi connectivity index (χ4v) is 4.18. The van der Waals surface area contributed by atoms with E-state index in [1.807, 2.05) is 85.7 Å². The van der Waals surface area contributed by atoms with Gasteiger partial charge in [-0.3, -0.25) is 0 Å². The molecule has 2 heterocycles. The van der Waals surface area contributed by atoms with Crippen LogP contribution in [0.3, 0.4) is 0 Å². The number of hydrogen-bond donors (Lipinski definition) is 0. The van der Waals surface area contributed by atoms with Gasteiger partial charge in [0.25, 0.3) is 0 Å². The van der Waals surface area contributed by atoms with E-state index >= 15 is 0 Å². The van der Waals surface area contributed by atoms with Gasteiger partial charge in [0.2, 0.25) is 0 Å². The monoisotopic (exact) mass is 440 g/mol. The summed E-state index contributed by atoms with van der Waals surface area (Å²) in [5.41, 5.74) is 2.29. The third-order valence-corrected chi connectivity index (χ3v) is 5.75. The highest BCUT2D eigenvalue weighted by atomic mass is 35.5. The molecule has 0 spiro atoms. The summed E-state index contributed by atoms with van der Waals surface area (Å²) in [4.78, 5) is 8.71. The maximum absolute atomic E-state index is 6.38. The van der Waals surface area contributed by atoms with Crippen molar-refractivity contribution in [2.24, 2.45) is 0 Å². The molecule has 5 rings (SSSR count). The van der Waals surface area contributed by atoms with Crippen LogP contribution in [-0.4, -0.2) is 19.1 Å². The summed E-state index contributed by atoms with van der Waals surface area (Å²) < 4.78 is 10.5. The zero-order valence-corrected chi connectivity index (χ0v) is 18.0. The Labute approximate surface area is 191 Å². The summed E-state index contributed by atoms with van der Waals surface area (Å²) in [6.45, 7) is 0.424. The van der Waals surface area contributed by atoms with Crippen molar-refractivity contribution in [1.29, 1.82) is 0 Å². The summed E-state index contributed by atoms with van der Waals surface area (Å²) in [5, 5.41) is 0.706. The van der Waals surface area contributed by atoms with Gasteiger partial charge in [-0.05, 0) is 23.8 Å². The van der Waals surface area contributed by atoms with Crippen molar-refractivity contribution in [2.45, 2.75) is 12.3 Å². The number of halogens is 1. The van der Waals surface area contributed by atoms with Gasteiger partial charge in [0.05, 0.1) is 12.7 Å². The van der Waals surface area contributed by atoms with Crippen LogP contribution in [0.15, 0.2) is 116 Å². The Morgan fingerprint density at radius 1 is 0.750 bits per heavy atom. The Morgan fingerprint density at radius 2 is 1.38 bits per heavy atom. The van der Waals surface area contributed by atoms with Gasteiger partial charge in [-0.2, -0.15) is 0 Å². The number of ether oxygens (including phenoxy) is 1. The van der Waals surface area contributed by atoms with Crippen molar-refractivity contribution >= 4 is 11.6 Å². The predicted molar refractivity (Wildman–Crippen MR) is 125 cm³/mol. The highest BCUT2D eigenvalue weighted by Crippen LogP contribution is 2.40. The number of imidazole rings is 2. The summed E-state index contributed by atoms with van der Waals surface area (Å²) in [6, 6.07) is 26.1. The van der Waals surface area contributed by atoms with Gasteiger partial charge < -0.3 is 13.9 Å². The molecule has 0 N–H and O–H groups in total. The largest absolute Gasteiger partial charge is 0.488 e. The Morgan fingerprint density at radius 3 is 2.00 bits per heavy atom. The van der Waals surface area contributed by atoms with Gasteiger partial charge in [0, 0.05) is 40.9 Å². The zero-order chi connectivity index (χ0) is 21.8. The molecule has 0 amide bonds. The highest BCUT2D eigenvalue weighted by molar-refractivity contribution is 6.30. The molecule has 5 nitrogen and oxygen atoms in total. The van der Waals surface area contributed by atoms with E-state index in [0.717, 1.165) is 22.4 Å². The zero-order valence-electron chi connectivity index (χ0n) is 17.3. The molecule has 0 aliphatic carbocycles. The maximum Gasteiger partial charge on any atom is 0.179 e. The first-order valence-electron chi connectivity index (χ1n) is 10.3. The Balaban J connectivity index is 1.69. The molecule has 5 aromatic rings. The molecule has 0 bridgehead atoms. The molecule has 0 atom stereocenters. The average Bonchev–Trinajstić information content (AvgIpc) is 3.57. The fraction of sp³-hybridized carbons (Fsp3) is 0.0769. The summed E-state index contributed by atoms with van der Waals surface area (Å²) >= 11 is 6.04. The second kappa shape index (κ2) is 8.73. The van der Waals surface area contributed by atoms with Gasteiger partial charge in [-0.25, -0.2) is 9.97 Å². The minimum Gasteiger partial charge on any atom is -0.488 e. The van der Waals surface area contributed by atoms with Gasteiger partial charge >= 0.3 is 0 Å². The molecule has 32 heavy (non-hydrogen) atoms. The van der Waals surface area contributed by atoms with Gasteiger partial charge in [0.1, 0.15) is 12.4 Å². The minimum absolute atomic E-state index is 0.424. The topological polar surface area (TPSA) is 44.9 Å². The molecule has 6 heteroatoms. The first-order chi connectivity index (χ1) is 15.8. The molecule has 0 aliphatic heterocycles. The second-order valence-electron chi connectivity index (χ2n) is 7.39. The van der Waals surface area contributed by atoms with E-state index in [1.54, 1.807) is 12.4 Å². The third kappa shape index (κ3) is 3.57. The molecule has 2 aromatic heterocycles. The van der Waals surface area contributed by atoms with Crippen LogP contribution < -0.4 is 4.74 Å². The van der Waals surface area contributed by atoms with Crippen LogP contribution in [0, 0.1) is 0 Å². The lowest BCUT2D eigenvalue weighted by atomic mass is 9.89. The van der Waals surface area contributed by atoms with Crippen molar-refractivity contribution in [3.05, 3.63) is 138 Å². The molecule has 158 valence electrons. The fourth-order valence-electron chi connectivity index (χ4n) is 4.06. The van der Waals surface area contributed by atoms with Crippen LogP contribution in [0.5, 0.6) is 5.75 Å². The highest BCUT2D eigenvalue weighted by Gasteiger charge is 2.40. The van der Waals surface area contributed by atoms with Crippen LogP contribution in [0.2, 0.25) is 5.02 Å². The van der Waals surface area contributed by atoms with Crippen molar-refractivity contribution < 1.29 is 4.74 Å². The summed E-state index contributed by atoms with van der Waals surface area (Å²) in [7, 11) is 0. The lowest BCUT2D eigenvalue weighted by molar-refractivity contribution is 0.281. The van der Waals surface area contributed by atoms with Gasteiger partial charge in [0.15, 0.2) is 5.66 Å². The number of nitrogens with zero attached hydrogens (tertiary/aromatic N) is 4. The van der Waals surface area contributed by atoms with E-state index in [1.165, 1.54) is 0 Å². The molecular formula is C26H21ClN4O. The first kappa shape index (κ1) is 20.1. The standard InChI is InChI=1S/C26H21ClN4O/c27-23-12-10-21(11-13-23)18-32-25-9-5-4-8-24(25)26(30-16-14-28-19-30,31-17-15-29-20-31)22-6-2-1-3-7-22/h1-17,19-20H,18H2. The molecule has 0 unspecified atom stereocenters. The van der Waals surface area contributed by atoms with Crippen molar-refractivity contribution in [2.75, 3.05) is 0 Å². The van der Waals surface area contributed by atoms with Crippen LogP contribution in [0.25, 0.3) is 0 Å². The van der Waals surface area contributed by atoms with E-state index in [-0.39, 0.29) is 0 Å². The number of benzene rings is 3.